The zero-order chi connectivity index (χ0) is 17.5. The molecule has 1 amide bonds. The summed E-state index contributed by atoms with van der Waals surface area (Å²) in [5.41, 5.74) is 0.933. The highest BCUT2D eigenvalue weighted by Crippen LogP contribution is 2.59. The van der Waals surface area contributed by atoms with Gasteiger partial charge in [-0.25, -0.2) is 4.79 Å². The number of thioether (sulfide) groups is 1. The second-order valence-corrected chi connectivity index (χ2v) is 9.79. The van der Waals surface area contributed by atoms with Crippen molar-refractivity contribution in [2.24, 2.45) is 0 Å². The van der Waals surface area contributed by atoms with Gasteiger partial charge in [0, 0.05) is 4.75 Å². The van der Waals surface area contributed by atoms with E-state index in [-0.39, 0.29) is 23.9 Å². The van der Waals surface area contributed by atoms with Crippen LogP contribution in [0.25, 0.3) is 0 Å². The number of amides is 1. The van der Waals surface area contributed by atoms with Crippen molar-refractivity contribution >= 4 is 39.6 Å². The van der Waals surface area contributed by atoms with Crippen LogP contribution in [0.4, 0.5) is 0 Å². The van der Waals surface area contributed by atoms with E-state index in [0.717, 1.165) is 5.56 Å². The van der Waals surface area contributed by atoms with Crippen LogP contribution in [0.1, 0.15) is 25.8 Å². The summed E-state index contributed by atoms with van der Waals surface area (Å²) < 4.78 is 4.45. The molecule has 0 radical (unpaired) electrons. The molecule has 1 aromatic rings. The molecule has 0 saturated carbocycles. The van der Waals surface area contributed by atoms with Gasteiger partial charge in [0.2, 0.25) is 5.91 Å². The van der Waals surface area contributed by atoms with Crippen molar-refractivity contribution in [1.29, 1.82) is 0 Å². The van der Waals surface area contributed by atoms with Gasteiger partial charge in [-0.1, -0.05) is 52.3 Å². The lowest BCUT2D eigenvalue weighted by Crippen LogP contribution is -2.70. The number of nitrogens with zero attached hydrogens (tertiary/aromatic N) is 1. The van der Waals surface area contributed by atoms with E-state index in [9.17, 15) is 9.59 Å². The summed E-state index contributed by atoms with van der Waals surface area (Å²) in [6, 6.07) is 8.98. The van der Waals surface area contributed by atoms with Gasteiger partial charge in [0.05, 0.1) is 0 Å². The third-order valence-corrected chi connectivity index (χ3v) is 7.56. The summed E-state index contributed by atoms with van der Waals surface area (Å²) >= 11 is 5.20. The van der Waals surface area contributed by atoms with Crippen LogP contribution < -0.4 is 0 Å². The van der Waals surface area contributed by atoms with E-state index in [1.807, 2.05) is 44.2 Å². The van der Waals surface area contributed by atoms with Gasteiger partial charge in [0.15, 0.2) is 0 Å². The summed E-state index contributed by atoms with van der Waals surface area (Å²) in [4.78, 5) is 27.0. The van der Waals surface area contributed by atoms with Crippen molar-refractivity contribution in [3.05, 3.63) is 48.6 Å². The number of carbonyl (C=O) groups is 2. The Morgan fingerprint density at radius 1 is 1.42 bits per heavy atom. The van der Waals surface area contributed by atoms with E-state index in [0.29, 0.717) is 6.42 Å². The van der Waals surface area contributed by atoms with E-state index < -0.39 is 15.1 Å². The number of allylic oxidation sites excluding steroid dienone is 1. The molecule has 6 heteroatoms. The summed E-state index contributed by atoms with van der Waals surface area (Å²) in [6.07, 6.45) is 2.28. The van der Waals surface area contributed by atoms with E-state index in [4.69, 9.17) is 4.74 Å². The minimum atomic E-state index is -0.648. The van der Waals surface area contributed by atoms with E-state index in [1.165, 1.54) is 0 Å². The third-order valence-electron chi connectivity index (χ3n) is 4.47. The second-order valence-electron chi connectivity index (χ2n) is 6.64. The maximum absolute atomic E-state index is 12.7. The average Bonchev–Trinajstić information content (AvgIpc) is 2.83. The van der Waals surface area contributed by atoms with Gasteiger partial charge in [-0.15, -0.1) is 18.3 Å². The number of hydrogen-bond acceptors (Lipinski definition) is 4. The summed E-state index contributed by atoms with van der Waals surface area (Å²) in [7, 11) is 0. The maximum atomic E-state index is 12.7. The molecule has 1 aromatic carbocycles. The predicted octanol–water partition coefficient (Wildman–Crippen LogP) is 3.50. The number of benzene rings is 1. The molecule has 2 aliphatic heterocycles. The van der Waals surface area contributed by atoms with Crippen molar-refractivity contribution in [3.8, 4) is 0 Å². The van der Waals surface area contributed by atoms with Gasteiger partial charge < -0.3 is 9.64 Å². The molecule has 24 heavy (non-hydrogen) atoms. The van der Waals surface area contributed by atoms with Crippen molar-refractivity contribution in [3.63, 3.8) is 0 Å². The number of esters is 1. The summed E-state index contributed by atoms with van der Waals surface area (Å²) in [5, 5.41) is -0.0766. The van der Waals surface area contributed by atoms with Gasteiger partial charge in [-0.3, -0.25) is 4.79 Å². The number of carbonyl (C=O) groups excluding carboxylic acids is 2. The summed E-state index contributed by atoms with van der Waals surface area (Å²) in [6.45, 7) is 7.92. The monoisotopic (exact) mass is 409 g/mol. The molecule has 4 nitrogen and oxygen atoms in total. The van der Waals surface area contributed by atoms with Crippen LogP contribution in [-0.4, -0.2) is 37.3 Å². The molecule has 2 heterocycles. The topological polar surface area (TPSA) is 46.6 Å². The second kappa shape index (κ2) is 6.23. The summed E-state index contributed by atoms with van der Waals surface area (Å²) in [5.74, 6) is -0.410. The van der Waals surface area contributed by atoms with E-state index in [1.54, 1.807) is 22.7 Å². The van der Waals surface area contributed by atoms with Gasteiger partial charge in [-0.05, 0) is 25.8 Å². The Morgan fingerprint density at radius 2 is 2.08 bits per heavy atom. The highest BCUT2D eigenvalue weighted by atomic mass is 79.9. The first kappa shape index (κ1) is 17.5. The fourth-order valence-corrected chi connectivity index (χ4v) is 5.84. The highest BCUT2D eigenvalue weighted by molar-refractivity contribution is 9.10. The predicted molar refractivity (Wildman–Crippen MR) is 98.8 cm³/mol. The minimum absolute atomic E-state index is 0.0628. The average molecular weight is 410 g/mol. The molecule has 0 N–H and O–H groups in total. The number of alkyl halides is 1. The van der Waals surface area contributed by atoms with Gasteiger partial charge in [0.25, 0.3) is 0 Å². The SMILES string of the molecule is C=CCC1(Br)C(=O)N2[C@@H](C(=O)OCc3ccccc3)C(C)(C)S[C@@H]21. The number of ether oxygens (including phenoxy) is 1. The molecule has 2 saturated heterocycles. The molecule has 0 spiro atoms. The third kappa shape index (κ3) is 2.69. The number of β-lactam (4-membered cyclic amide) rings is 1. The molecular weight excluding hydrogens is 390 g/mol. The van der Waals surface area contributed by atoms with Crippen LogP contribution in [0.15, 0.2) is 43.0 Å². The molecule has 0 bridgehead atoms. The zero-order valence-corrected chi connectivity index (χ0v) is 16.1. The smallest absolute Gasteiger partial charge is 0.330 e. The van der Waals surface area contributed by atoms with Gasteiger partial charge >= 0.3 is 5.97 Å². The van der Waals surface area contributed by atoms with Crippen molar-refractivity contribution in [2.45, 2.75) is 47.4 Å². The minimum Gasteiger partial charge on any atom is -0.459 e. The van der Waals surface area contributed by atoms with Crippen molar-refractivity contribution in [1.82, 2.24) is 4.90 Å². The first-order chi connectivity index (χ1) is 11.3. The molecule has 3 rings (SSSR count). The van der Waals surface area contributed by atoms with Crippen molar-refractivity contribution < 1.29 is 14.3 Å². The lowest BCUT2D eigenvalue weighted by Gasteiger charge is -2.49. The Morgan fingerprint density at radius 3 is 2.71 bits per heavy atom. The molecule has 0 aromatic heterocycles. The highest BCUT2D eigenvalue weighted by Gasteiger charge is 2.70. The van der Waals surface area contributed by atoms with E-state index in [2.05, 4.69) is 22.5 Å². The quantitative estimate of drug-likeness (QED) is 0.323. The Balaban J connectivity index is 1.74. The molecule has 2 aliphatic rings. The van der Waals surface area contributed by atoms with Crippen LogP contribution in [-0.2, 0) is 20.9 Å². The van der Waals surface area contributed by atoms with Crippen LogP contribution in [0.2, 0.25) is 0 Å². The molecular formula is C18H20BrNO3S. The Labute approximate surface area is 154 Å². The standard InChI is InChI=1S/C18H20BrNO3S/c1-4-10-18(19)15(22)20-13(17(2,3)24-16(18)20)14(21)23-11-12-8-6-5-7-9-12/h4-9,13,16H,1,10-11H2,2-3H3/t13-,16+,18?/m0/s1. The Kier molecular flexibility index (Phi) is 4.55. The number of hydrogen-bond donors (Lipinski definition) is 0. The lowest BCUT2D eigenvalue weighted by molar-refractivity contribution is -0.164. The number of rotatable bonds is 5. The zero-order valence-electron chi connectivity index (χ0n) is 13.7. The number of halogens is 1. The van der Waals surface area contributed by atoms with E-state index >= 15 is 0 Å². The van der Waals surface area contributed by atoms with Crippen LogP contribution in [0.5, 0.6) is 0 Å². The van der Waals surface area contributed by atoms with Crippen molar-refractivity contribution in [2.75, 3.05) is 0 Å². The molecule has 3 atom stereocenters. The first-order valence-electron chi connectivity index (χ1n) is 7.82. The lowest BCUT2D eigenvalue weighted by atomic mass is 9.89. The van der Waals surface area contributed by atoms with Gasteiger partial charge in [-0.2, -0.15) is 0 Å². The molecule has 0 aliphatic carbocycles. The fourth-order valence-electron chi connectivity index (χ4n) is 3.27. The van der Waals surface area contributed by atoms with Crippen LogP contribution in [0, 0.1) is 0 Å². The normalized spacial score (nSPS) is 30.5. The molecule has 1 unspecified atom stereocenters. The van der Waals surface area contributed by atoms with Crippen LogP contribution in [0.3, 0.4) is 0 Å². The van der Waals surface area contributed by atoms with Crippen LogP contribution >= 0.6 is 27.7 Å². The Bertz CT molecular complexity index is 678. The maximum Gasteiger partial charge on any atom is 0.330 e. The van der Waals surface area contributed by atoms with Gasteiger partial charge in [0.1, 0.15) is 22.3 Å². The fraction of sp³-hybridized carbons (Fsp3) is 0.444. The molecule has 128 valence electrons. The first-order valence-corrected chi connectivity index (χ1v) is 9.49. The number of fused-ring (bicyclic) bond motifs is 1. The molecule has 2 fully saturated rings. The largest absolute Gasteiger partial charge is 0.459 e. The Hall–Kier alpha value is -1.27.